The minimum atomic E-state index is -0.382. The lowest BCUT2D eigenvalue weighted by Gasteiger charge is -2.32. The second kappa shape index (κ2) is 6.26. The number of halogens is 1. The van der Waals surface area contributed by atoms with Crippen LogP contribution in [0.1, 0.15) is 33.3 Å². The van der Waals surface area contributed by atoms with Crippen LogP contribution in [-0.2, 0) is 9.31 Å². The first-order valence-corrected chi connectivity index (χ1v) is 9.32. The normalized spacial score (nSPS) is 18.2. The smallest absolute Gasteiger partial charge is 0.422 e. The third-order valence-electron chi connectivity index (χ3n) is 5.40. The Morgan fingerprint density at radius 1 is 1.04 bits per heavy atom. The number of para-hydroxylation sites is 1. The van der Waals surface area contributed by atoms with Gasteiger partial charge in [0.2, 0.25) is 0 Å². The Hall–Kier alpha value is -2.02. The quantitative estimate of drug-likeness (QED) is 0.655. The molecule has 1 aliphatic heterocycles. The SMILES string of the molecule is Cc1cc(Nc2nc3cccc(Cl)c3o2)ccc1B1OC(C)(C)C(C)(C)O1. The minimum Gasteiger partial charge on any atom is -0.422 e. The summed E-state index contributed by atoms with van der Waals surface area (Å²) in [6.07, 6.45) is 0. The van der Waals surface area contributed by atoms with Gasteiger partial charge in [-0.2, -0.15) is 4.98 Å². The van der Waals surface area contributed by atoms with E-state index in [-0.39, 0.29) is 18.3 Å². The van der Waals surface area contributed by atoms with Crippen molar-refractivity contribution < 1.29 is 13.7 Å². The van der Waals surface area contributed by atoms with Gasteiger partial charge in [-0.05, 0) is 69.9 Å². The lowest BCUT2D eigenvalue weighted by Crippen LogP contribution is -2.41. The molecule has 0 saturated carbocycles. The van der Waals surface area contributed by atoms with Gasteiger partial charge in [-0.1, -0.05) is 23.7 Å². The fourth-order valence-corrected chi connectivity index (χ4v) is 3.29. The maximum atomic E-state index is 6.15. The lowest BCUT2D eigenvalue weighted by molar-refractivity contribution is 0.00578. The molecule has 0 radical (unpaired) electrons. The van der Waals surface area contributed by atoms with Gasteiger partial charge in [0.1, 0.15) is 5.52 Å². The maximum absolute atomic E-state index is 6.15. The number of oxazole rings is 1. The molecule has 2 heterocycles. The fraction of sp³-hybridized carbons (Fsp3) is 0.350. The molecule has 27 heavy (non-hydrogen) atoms. The van der Waals surface area contributed by atoms with Crippen molar-refractivity contribution in [1.82, 2.24) is 4.98 Å². The largest absolute Gasteiger partial charge is 0.495 e. The Balaban J connectivity index is 1.58. The molecule has 140 valence electrons. The zero-order valence-corrected chi connectivity index (χ0v) is 16.8. The second-order valence-electron chi connectivity index (χ2n) is 7.89. The molecule has 0 aliphatic carbocycles. The highest BCUT2D eigenvalue weighted by Crippen LogP contribution is 2.37. The topological polar surface area (TPSA) is 56.5 Å². The van der Waals surface area contributed by atoms with Gasteiger partial charge in [0.05, 0.1) is 16.2 Å². The molecule has 1 aliphatic rings. The first-order valence-electron chi connectivity index (χ1n) is 8.94. The molecular weight excluding hydrogens is 362 g/mol. The molecule has 1 N–H and O–H groups in total. The van der Waals surface area contributed by atoms with Crippen LogP contribution in [0.15, 0.2) is 40.8 Å². The zero-order chi connectivity index (χ0) is 19.4. The Kier molecular flexibility index (Phi) is 4.26. The summed E-state index contributed by atoms with van der Waals surface area (Å²) in [5.74, 6) is 0. The molecule has 3 aromatic rings. The standard InChI is InChI=1S/C20H22BClN2O3/c1-12-11-13(23-18-24-16-8-6-7-15(22)17(16)25-18)9-10-14(12)21-26-19(2,3)20(4,5)27-21/h6-11H,1-5H3,(H,23,24). The molecule has 1 aromatic heterocycles. The summed E-state index contributed by atoms with van der Waals surface area (Å²) in [7, 11) is -0.382. The molecule has 7 heteroatoms. The number of benzene rings is 2. The monoisotopic (exact) mass is 384 g/mol. The Labute approximate surface area is 164 Å². The first-order chi connectivity index (χ1) is 12.7. The van der Waals surface area contributed by atoms with E-state index in [1.165, 1.54) is 0 Å². The summed E-state index contributed by atoms with van der Waals surface area (Å²) in [6.45, 7) is 10.2. The van der Waals surface area contributed by atoms with Crippen molar-refractivity contribution >= 4 is 47.0 Å². The molecule has 2 aromatic carbocycles. The van der Waals surface area contributed by atoms with E-state index in [9.17, 15) is 0 Å². The van der Waals surface area contributed by atoms with Crippen LogP contribution < -0.4 is 10.8 Å². The number of anilines is 2. The van der Waals surface area contributed by atoms with Crippen molar-refractivity contribution in [3.05, 3.63) is 47.0 Å². The van der Waals surface area contributed by atoms with E-state index < -0.39 is 0 Å². The van der Waals surface area contributed by atoms with Gasteiger partial charge in [0, 0.05) is 5.69 Å². The molecule has 1 saturated heterocycles. The molecule has 0 atom stereocenters. The van der Waals surface area contributed by atoms with Crippen molar-refractivity contribution in [3.63, 3.8) is 0 Å². The molecule has 0 unspecified atom stereocenters. The molecule has 1 fully saturated rings. The highest BCUT2D eigenvalue weighted by Gasteiger charge is 2.52. The van der Waals surface area contributed by atoms with Crippen LogP contribution in [0.5, 0.6) is 0 Å². The Morgan fingerprint density at radius 3 is 2.37 bits per heavy atom. The van der Waals surface area contributed by atoms with Crippen LogP contribution in [-0.4, -0.2) is 23.3 Å². The number of nitrogens with zero attached hydrogens (tertiary/aromatic N) is 1. The summed E-state index contributed by atoms with van der Waals surface area (Å²) in [5.41, 5.74) is 3.52. The van der Waals surface area contributed by atoms with Gasteiger partial charge in [-0.15, -0.1) is 0 Å². The average molecular weight is 385 g/mol. The fourth-order valence-electron chi connectivity index (χ4n) is 3.08. The number of aromatic nitrogens is 1. The average Bonchev–Trinajstić information content (AvgIpc) is 3.06. The summed E-state index contributed by atoms with van der Waals surface area (Å²) >= 11 is 6.15. The van der Waals surface area contributed by atoms with Crippen LogP contribution in [0, 0.1) is 6.92 Å². The van der Waals surface area contributed by atoms with Crippen molar-refractivity contribution in [2.75, 3.05) is 5.32 Å². The predicted octanol–water partition coefficient (Wildman–Crippen LogP) is 4.83. The predicted molar refractivity (Wildman–Crippen MR) is 109 cm³/mol. The molecular formula is C20H22BClN2O3. The van der Waals surface area contributed by atoms with Gasteiger partial charge >= 0.3 is 7.12 Å². The van der Waals surface area contributed by atoms with Gasteiger partial charge in [0.15, 0.2) is 5.58 Å². The number of fused-ring (bicyclic) bond motifs is 1. The maximum Gasteiger partial charge on any atom is 0.495 e. The number of nitrogens with one attached hydrogen (secondary N) is 1. The van der Waals surface area contributed by atoms with E-state index in [1.807, 2.05) is 37.3 Å². The highest BCUT2D eigenvalue weighted by molar-refractivity contribution is 6.62. The summed E-state index contributed by atoms with van der Waals surface area (Å²) in [4.78, 5) is 4.42. The van der Waals surface area contributed by atoms with Gasteiger partial charge in [0.25, 0.3) is 6.01 Å². The van der Waals surface area contributed by atoms with Crippen LogP contribution in [0.25, 0.3) is 11.1 Å². The second-order valence-corrected chi connectivity index (χ2v) is 8.30. The van der Waals surface area contributed by atoms with Gasteiger partial charge in [-0.25, -0.2) is 0 Å². The van der Waals surface area contributed by atoms with E-state index in [1.54, 1.807) is 6.07 Å². The van der Waals surface area contributed by atoms with Crippen molar-refractivity contribution in [3.8, 4) is 0 Å². The summed E-state index contributed by atoms with van der Waals surface area (Å²) < 4.78 is 18.0. The number of hydrogen-bond acceptors (Lipinski definition) is 5. The van der Waals surface area contributed by atoms with Crippen LogP contribution >= 0.6 is 11.6 Å². The number of hydrogen-bond donors (Lipinski definition) is 1. The van der Waals surface area contributed by atoms with E-state index in [4.69, 9.17) is 25.3 Å². The lowest BCUT2D eigenvalue weighted by atomic mass is 9.76. The van der Waals surface area contributed by atoms with Crippen LogP contribution in [0.2, 0.25) is 5.02 Å². The van der Waals surface area contributed by atoms with E-state index in [2.05, 4.69) is 38.0 Å². The third-order valence-corrected chi connectivity index (χ3v) is 5.69. The third kappa shape index (κ3) is 3.22. The van der Waals surface area contributed by atoms with Crippen LogP contribution in [0.3, 0.4) is 0 Å². The summed E-state index contributed by atoms with van der Waals surface area (Å²) in [6, 6.07) is 11.9. The number of rotatable bonds is 3. The van der Waals surface area contributed by atoms with E-state index >= 15 is 0 Å². The van der Waals surface area contributed by atoms with Gasteiger partial charge < -0.3 is 19.0 Å². The molecule has 5 nitrogen and oxygen atoms in total. The van der Waals surface area contributed by atoms with Crippen molar-refractivity contribution in [2.45, 2.75) is 45.8 Å². The first kappa shape index (κ1) is 18.4. The Bertz CT molecular complexity index is 1000. The Morgan fingerprint density at radius 2 is 1.74 bits per heavy atom. The zero-order valence-electron chi connectivity index (χ0n) is 16.1. The molecule has 0 spiro atoms. The summed E-state index contributed by atoms with van der Waals surface area (Å²) in [5, 5.41) is 3.74. The van der Waals surface area contributed by atoms with Crippen molar-refractivity contribution in [1.29, 1.82) is 0 Å². The molecule has 4 rings (SSSR count). The minimum absolute atomic E-state index is 0.363. The molecule has 0 bridgehead atoms. The highest BCUT2D eigenvalue weighted by atomic mass is 35.5. The van der Waals surface area contributed by atoms with Crippen LogP contribution in [0.4, 0.5) is 11.7 Å². The molecule has 0 amide bonds. The van der Waals surface area contributed by atoms with E-state index in [0.29, 0.717) is 16.6 Å². The van der Waals surface area contributed by atoms with Crippen molar-refractivity contribution in [2.24, 2.45) is 0 Å². The van der Waals surface area contributed by atoms with Gasteiger partial charge in [-0.3, -0.25) is 0 Å². The number of aryl methyl sites for hydroxylation is 1. The van der Waals surface area contributed by atoms with E-state index in [0.717, 1.165) is 22.2 Å².